The third-order valence-electron chi connectivity index (χ3n) is 5.21. The molecule has 2 aliphatic rings. The Balaban J connectivity index is 1.38. The maximum atomic E-state index is 12.8. The molecule has 2 aromatic rings. The molecule has 31 heavy (non-hydrogen) atoms. The van der Waals surface area contributed by atoms with Gasteiger partial charge in [-0.3, -0.25) is 34.1 Å². The van der Waals surface area contributed by atoms with Crippen molar-refractivity contribution in [2.75, 3.05) is 11.9 Å². The summed E-state index contributed by atoms with van der Waals surface area (Å²) in [5, 5.41) is 18.2. The quantitative estimate of drug-likeness (QED) is 0.428. The van der Waals surface area contributed by atoms with Crippen molar-refractivity contribution in [3.63, 3.8) is 0 Å². The molecule has 160 valence electrons. The number of carboxylic acids is 1. The summed E-state index contributed by atoms with van der Waals surface area (Å²) >= 11 is 0. The zero-order chi connectivity index (χ0) is 22.1. The number of rotatable bonds is 7. The van der Waals surface area contributed by atoms with Gasteiger partial charge in [0.25, 0.3) is 11.8 Å². The third kappa shape index (κ3) is 3.89. The van der Waals surface area contributed by atoms with Crippen LogP contribution < -0.4 is 10.6 Å². The first kappa shape index (κ1) is 20.3. The molecule has 0 bridgehead atoms. The zero-order valence-electron chi connectivity index (χ0n) is 16.3. The second kappa shape index (κ2) is 8.01. The highest BCUT2D eigenvalue weighted by atomic mass is 16.4. The molecule has 0 radical (unpaired) electrons. The minimum atomic E-state index is -1.03. The van der Waals surface area contributed by atoms with Crippen LogP contribution in [0.25, 0.3) is 0 Å². The van der Waals surface area contributed by atoms with Gasteiger partial charge < -0.3 is 10.4 Å². The van der Waals surface area contributed by atoms with E-state index in [9.17, 15) is 24.0 Å². The monoisotopic (exact) mass is 425 g/mol. The van der Waals surface area contributed by atoms with Crippen molar-refractivity contribution in [3.05, 3.63) is 47.3 Å². The van der Waals surface area contributed by atoms with E-state index in [1.807, 2.05) is 0 Å². The summed E-state index contributed by atoms with van der Waals surface area (Å²) in [4.78, 5) is 60.7. The normalized spacial score (nSPS) is 18.2. The zero-order valence-corrected chi connectivity index (χ0v) is 16.3. The Kier molecular flexibility index (Phi) is 5.24. The number of nitrogens with zero attached hydrogens (tertiary/aromatic N) is 3. The van der Waals surface area contributed by atoms with Crippen molar-refractivity contribution in [1.82, 2.24) is 20.0 Å². The predicted octanol–water partition coefficient (Wildman–Crippen LogP) is 0.485. The SMILES string of the molecule is O=C1CCC(N2C(=O)c3ccc(NCCCn4cc(C(=O)O)cn4)cc3C2=O)C(=O)N1. The van der Waals surface area contributed by atoms with Crippen molar-refractivity contribution in [2.24, 2.45) is 0 Å². The fraction of sp³-hybridized carbons (Fsp3) is 0.300. The topological polar surface area (TPSA) is 151 Å². The van der Waals surface area contributed by atoms with Crippen LogP contribution in [0.5, 0.6) is 0 Å². The van der Waals surface area contributed by atoms with Gasteiger partial charge in [0.2, 0.25) is 11.8 Å². The maximum Gasteiger partial charge on any atom is 0.338 e. The van der Waals surface area contributed by atoms with E-state index in [-0.39, 0.29) is 29.5 Å². The van der Waals surface area contributed by atoms with E-state index < -0.39 is 35.6 Å². The molecule has 1 unspecified atom stereocenters. The molecule has 3 heterocycles. The molecule has 11 nitrogen and oxygen atoms in total. The van der Waals surface area contributed by atoms with E-state index >= 15 is 0 Å². The molecule has 0 saturated carbocycles. The minimum absolute atomic E-state index is 0.0703. The Labute approximate surface area is 176 Å². The number of nitrogens with one attached hydrogen (secondary N) is 2. The van der Waals surface area contributed by atoms with Gasteiger partial charge in [0.15, 0.2) is 0 Å². The molecule has 1 aromatic heterocycles. The van der Waals surface area contributed by atoms with Crippen molar-refractivity contribution >= 4 is 35.3 Å². The molecule has 4 amide bonds. The van der Waals surface area contributed by atoms with Gasteiger partial charge in [0.05, 0.1) is 22.9 Å². The molecule has 2 aliphatic heterocycles. The van der Waals surface area contributed by atoms with Gasteiger partial charge in [-0.05, 0) is 31.0 Å². The summed E-state index contributed by atoms with van der Waals surface area (Å²) in [6, 6.07) is 3.79. The Morgan fingerprint density at radius 3 is 2.68 bits per heavy atom. The van der Waals surface area contributed by atoms with Crippen molar-refractivity contribution < 1.29 is 29.1 Å². The van der Waals surface area contributed by atoms with Gasteiger partial charge in [-0.15, -0.1) is 0 Å². The van der Waals surface area contributed by atoms with Gasteiger partial charge in [0.1, 0.15) is 6.04 Å². The van der Waals surface area contributed by atoms with Crippen LogP contribution in [0.1, 0.15) is 50.3 Å². The first-order chi connectivity index (χ1) is 14.8. The van der Waals surface area contributed by atoms with E-state index in [1.54, 1.807) is 12.1 Å². The Morgan fingerprint density at radius 2 is 1.97 bits per heavy atom. The number of fused-ring (bicyclic) bond motifs is 1. The van der Waals surface area contributed by atoms with Crippen LogP contribution in [0.4, 0.5) is 5.69 Å². The van der Waals surface area contributed by atoms with Crippen LogP contribution in [0.2, 0.25) is 0 Å². The van der Waals surface area contributed by atoms with Crippen LogP contribution in [-0.4, -0.2) is 62.0 Å². The lowest BCUT2D eigenvalue weighted by Gasteiger charge is -2.27. The lowest BCUT2D eigenvalue weighted by atomic mass is 10.0. The summed E-state index contributed by atoms with van der Waals surface area (Å²) in [7, 11) is 0. The molecule has 11 heteroatoms. The Morgan fingerprint density at radius 1 is 1.19 bits per heavy atom. The van der Waals surface area contributed by atoms with Crippen LogP contribution in [0.15, 0.2) is 30.6 Å². The van der Waals surface area contributed by atoms with Crippen molar-refractivity contribution in [3.8, 4) is 0 Å². The van der Waals surface area contributed by atoms with Crippen LogP contribution in [0, 0.1) is 0 Å². The molecule has 1 aromatic carbocycles. The van der Waals surface area contributed by atoms with Crippen molar-refractivity contribution in [2.45, 2.75) is 31.8 Å². The molecule has 1 saturated heterocycles. The molecule has 1 atom stereocenters. The first-order valence-electron chi connectivity index (χ1n) is 9.70. The second-order valence-corrected chi connectivity index (χ2v) is 7.29. The number of aromatic carboxylic acids is 1. The Hall–Kier alpha value is -4.02. The number of amides is 4. The largest absolute Gasteiger partial charge is 0.478 e. The number of carboxylic acid groups (broad SMARTS) is 1. The maximum absolute atomic E-state index is 12.8. The average molecular weight is 425 g/mol. The lowest BCUT2D eigenvalue weighted by Crippen LogP contribution is -2.54. The highest BCUT2D eigenvalue weighted by Gasteiger charge is 2.44. The minimum Gasteiger partial charge on any atom is -0.478 e. The summed E-state index contributed by atoms with van der Waals surface area (Å²) in [5.41, 5.74) is 1.18. The number of carbonyl (C=O) groups is 5. The molecule has 3 N–H and O–H groups in total. The predicted molar refractivity (Wildman–Crippen MR) is 105 cm³/mol. The standard InChI is InChI=1S/C20H19N5O6/c26-16-5-4-15(17(27)23-16)25-18(28)13-3-2-12(8-14(13)19(25)29)21-6-1-7-24-10-11(9-22-24)20(30)31/h2-3,8-10,15,21H,1,4-7H2,(H,30,31)(H,23,26,27). The number of hydrogen-bond acceptors (Lipinski definition) is 7. The third-order valence-corrected chi connectivity index (χ3v) is 5.21. The van der Waals surface area contributed by atoms with Crippen molar-refractivity contribution in [1.29, 1.82) is 0 Å². The number of carbonyl (C=O) groups excluding carboxylic acids is 4. The van der Waals surface area contributed by atoms with Gasteiger partial charge >= 0.3 is 5.97 Å². The number of piperidine rings is 1. The number of aryl methyl sites for hydroxylation is 1. The molecule has 0 aliphatic carbocycles. The number of benzene rings is 1. The number of anilines is 1. The van der Waals surface area contributed by atoms with E-state index in [2.05, 4.69) is 15.7 Å². The van der Waals surface area contributed by atoms with Gasteiger partial charge in [-0.2, -0.15) is 5.10 Å². The summed E-state index contributed by atoms with van der Waals surface area (Å²) in [5.74, 6) is -3.20. The van der Waals surface area contributed by atoms with Crippen LogP contribution in [0.3, 0.4) is 0 Å². The Bertz CT molecular complexity index is 1110. The fourth-order valence-corrected chi connectivity index (χ4v) is 3.65. The molecular weight excluding hydrogens is 406 g/mol. The van der Waals surface area contributed by atoms with Gasteiger partial charge in [-0.1, -0.05) is 0 Å². The fourth-order valence-electron chi connectivity index (χ4n) is 3.65. The molecule has 0 spiro atoms. The number of imide groups is 2. The van der Waals surface area contributed by atoms with E-state index in [0.717, 1.165) is 4.90 Å². The second-order valence-electron chi connectivity index (χ2n) is 7.29. The molecule has 4 rings (SSSR count). The summed E-state index contributed by atoms with van der Waals surface area (Å²) in [6.07, 6.45) is 3.56. The number of hydrogen-bond donors (Lipinski definition) is 3. The van der Waals surface area contributed by atoms with Gasteiger partial charge in [-0.25, -0.2) is 4.79 Å². The average Bonchev–Trinajstić information content (AvgIpc) is 3.30. The highest BCUT2D eigenvalue weighted by molar-refractivity contribution is 6.23. The first-order valence-corrected chi connectivity index (χ1v) is 9.70. The van der Waals surface area contributed by atoms with E-state index in [0.29, 0.717) is 25.2 Å². The van der Waals surface area contributed by atoms with E-state index in [4.69, 9.17) is 5.11 Å². The molecular formula is C20H19N5O6. The summed E-state index contributed by atoms with van der Waals surface area (Å²) < 4.78 is 1.54. The van der Waals surface area contributed by atoms with Crippen LogP contribution in [-0.2, 0) is 16.1 Å². The molecule has 1 fully saturated rings. The smallest absolute Gasteiger partial charge is 0.338 e. The number of aromatic nitrogens is 2. The van der Waals surface area contributed by atoms with Crippen LogP contribution >= 0.6 is 0 Å². The van der Waals surface area contributed by atoms with E-state index in [1.165, 1.54) is 23.1 Å². The lowest BCUT2D eigenvalue weighted by molar-refractivity contribution is -0.136. The highest BCUT2D eigenvalue weighted by Crippen LogP contribution is 2.29. The summed E-state index contributed by atoms with van der Waals surface area (Å²) in [6.45, 7) is 1.03. The van der Waals surface area contributed by atoms with Gasteiger partial charge in [0, 0.05) is 31.4 Å².